The van der Waals surface area contributed by atoms with Gasteiger partial charge in [0.25, 0.3) is 0 Å². The summed E-state index contributed by atoms with van der Waals surface area (Å²) in [6, 6.07) is 5.95. The third-order valence-corrected chi connectivity index (χ3v) is 5.66. The molecule has 1 saturated heterocycles. The Balaban J connectivity index is 1.49. The highest BCUT2D eigenvalue weighted by atomic mass is 19.1. The van der Waals surface area contributed by atoms with Crippen LogP contribution < -0.4 is 5.32 Å². The Bertz CT molecular complexity index is 803. The Kier molecular flexibility index (Phi) is 5.09. The van der Waals surface area contributed by atoms with E-state index in [9.17, 15) is 9.18 Å². The van der Waals surface area contributed by atoms with Crippen LogP contribution in [0.1, 0.15) is 68.3 Å². The van der Waals surface area contributed by atoms with E-state index in [1.54, 1.807) is 12.1 Å². The average Bonchev–Trinajstić information content (AvgIpc) is 3.23. The van der Waals surface area contributed by atoms with Crippen molar-refractivity contribution in [3.8, 4) is 0 Å². The van der Waals surface area contributed by atoms with Gasteiger partial charge >= 0.3 is 6.03 Å². The quantitative estimate of drug-likeness (QED) is 0.894. The molecule has 0 unspecified atom stereocenters. The van der Waals surface area contributed by atoms with E-state index < -0.39 is 0 Å². The lowest BCUT2D eigenvalue weighted by Gasteiger charge is -2.27. The maximum absolute atomic E-state index is 13.1. The number of nitrogens with zero attached hydrogens (tertiary/aromatic N) is 4. The van der Waals surface area contributed by atoms with Crippen molar-refractivity contribution < 1.29 is 9.18 Å². The Morgan fingerprint density at radius 2 is 1.96 bits per heavy atom. The van der Waals surface area contributed by atoms with Crippen LogP contribution in [0, 0.1) is 5.82 Å². The van der Waals surface area contributed by atoms with Crippen molar-refractivity contribution in [2.45, 2.75) is 64.1 Å². The summed E-state index contributed by atoms with van der Waals surface area (Å²) in [4.78, 5) is 14.8. The van der Waals surface area contributed by atoms with Crippen molar-refractivity contribution in [2.75, 3.05) is 6.54 Å². The number of likely N-dealkylation sites (tertiary alicyclic amines) is 1. The van der Waals surface area contributed by atoms with Crippen LogP contribution in [0.3, 0.4) is 0 Å². The molecule has 2 aliphatic heterocycles. The van der Waals surface area contributed by atoms with Crippen molar-refractivity contribution >= 4 is 6.03 Å². The van der Waals surface area contributed by atoms with E-state index in [0.29, 0.717) is 0 Å². The van der Waals surface area contributed by atoms with Gasteiger partial charge in [-0.05, 0) is 50.3 Å². The van der Waals surface area contributed by atoms with Crippen LogP contribution in [0.2, 0.25) is 0 Å². The number of hydrogen-bond donors (Lipinski definition) is 1. The zero-order valence-corrected chi connectivity index (χ0v) is 15.7. The molecular formula is C20H26FN5O. The molecule has 0 radical (unpaired) electrons. The second-order valence-corrected chi connectivity index (χ2v) is 7.51. The molecule has 3 heterocycles. The number of rotatable bonds is 3. The average molecular weight is 371 g/mol. The van der Waals surface area contributed by atoms with Gasteiger partial charge in [-0.15, -0.1) is 10.2 Å². The maximum atomic E-state index is 13.1. The van der Waals surface area contributed by atoms with Crippen LogP contribution in [0.4, 0.5) is 9.18 Å². The number of aromatic nitrogens is 3. The number of carbonyl (C=O) groups excluding carboxylic acids is 1. The summed E-state index contributed by atoms with van der Waals surface area (Å²) in [5.74, 6) is 1.70. The van der Waals surface area contributed by atoms with Gasteiger partial charge in [-0.2, -0.15) is 0 Å². The zero-order chi connectivity index (χ0) is 18.8. The lowest BCUT2D eigenvalue weighted by molar-refractivity contribution is 0.186. The number of aryl methyl sites for hydroxylation is 1. The summed E-state index contributed by atoms with van der Waals surface area (Å²) in [7, 11) is 0. The standard InChI is InChI=1S/C20H26FN5O/c1-14(15-8-10-16(21)11-9-15)22-20(27)25-13-5-6-17(25)19-24-23-18-7-3-2-4-12-26(18)19/h8-11,14,17H,2-7,12-13H2,1H3,(H,22,27)/t14-,17-/m1/s1. The molecule has 6 nitrogen and oxygen atoms in total. The van der Waals surface area contributed by atoms with Crippen molar-refractivity contribution in [2.24, 2.45) is 0 Å². The molecule has 0 bridgehead atoms. The highest BCUT2D eigenvalue weighted by Gasteiger charge is 2.34. The number of fused-ring (bicyclic) bond motifs is 1. The molecule has 2 amide bonds. The number of hydrogen-bond acceptors (Lipinski definition) is 3. The summed E-state index contributed by atoms with van der Waals surface area (Å²) in [5, 5.41) is 11.9. The van der Waals surface area contributed by atoms with Crippen LogP contribution in [0.5, 0.6) is 0 Å². The predicted octanol–water partition coefficient (Wildman–Crippen LogP) is 3.75. The first-order valence-corrected chi connectivity index (χ1v) is 9.88. The molecular weight excluding hydrogens is 345 g/mol. The lowest BCUT2D eigenvalue weighted by atomic mass is 10.1. The third-order valence-electron chi connectivity index (χ3n) is 5.66. The molecule has 0 aliphatic carbocycles. The monoisotopic (exact) mass is 371 g/mol. The van der Waals surface area contributed by atoms with Crippen molar-refractivity contribution in [1.29, 1.82) is 0 Å². The van der Waals surface area contributed by atoms with E-state index in [1.165, 1.54) is 18.6 Å². The molecule has 2 aliphatic rings. The van der Waals surface area contributed by atoms with Gasteiger partial charge in [-0.3, -0.25) is 0 Å². The molecule has 27 heavy (non-hydrogen) atoms. The number of nitrogens with one attached hydrogen (secondary N) is 1. The molecule has 7 heteroatoms. The second kappa shape index (κ2) is 7.66. The molecule has 4 rings (SSSR count). The molecule has 1 N–H and O–H groups in total. The minimum absolute atomic E-state index is 0.0234. The van der Waals surface area contributed by atoms with E-state index in [4.69, 9.17) is 0 Å². The van der Waals surface area contributed by atoms with Gasteiger partial charge in [-0.25, -0.2) is 9.18 Å². The number of amides is 2. The molecule has 0 spiro atoms. The van der Waals surface area contributed by atoms with Gasteiger partial charge in [0, 0.05) is 19.5 Å². The van der Waals surface area contributed by atoms with Crippen LogP contribution in [-0.4, -0.2) is 32.2 Å². The van der Waals surface area contributed by atoms with E-state index in [0.717, 1.165) is 62.4 Å². The van der Waals surface area contributed by atoms with Gasteiger partial charge in [0.15, 0.2) is 5.82 Å². The minimum atomic E-state index is -0.274. The number of halogens is 1. The van der Waals surface area contributed by atoms with E-state index >= 15 is 0 Å². The summed E-state index contributed by atoms with van der Waals surface area (Å²) < 4.78 is 15.4. The van der Waals surface area contributed by atoms with Crippen molar-refractivity contribution in [1.82, 2.24) is 25.0 Å². The Morgan fingerprint density at radius 3 is 2.78 bits per heavy atom. The van der Waals surface area contributed by atoms with E-state index in [1.807, 2.05) is 11.8 Å². The largest absolute Gasteiger partial charge is 0.331 e. The lowest BCUT2D eigenvalue weighted by Crippen LogP contribution is -2.41. The fraction of sp³-hybridized carbons (Fsp3) is 0.550. The maximum Gasteiger partial charge on any atom is 0.318 e. The first kappa shape index (κ1) is 17.9. The van der Waals surface area contributed by atoms with Crippen LogP contribution >= 0.6 is 0 Å². The Labute approximate surface area is 158 Å². The van der Waals surface area contributed by atoms with Gasteiger partial charge in [0.2, 0.25) is 0 Å². The fourth-order valence-electron chi connectivity index (χ4n) is 4.14. The van der Waals surface area contributed by atoms with Crippen molar-refractivity contribution in [3.05, 3.63) is 47.3 Å². The van der Waals surface area contributed by atoms with Crippen LogP contribution in [0.25, 0.3) is 0 Å². The van der Waals surface area contributed by atoms with E-state index in [-0.39, 0.29) is 23.9 Å². The van der Waals surface area contributed by atoms with Gasteiger partial charge in [0.1, 0.15) is 11.6 Å². The Morgan fingerprint density at radius 1 is 1.15 bits per heavy atom. The molecule has 0 saturated carbocycles. The molecule has 2 aromatic rings. The molecule has 144 valence electrons. The highest BCUT2D eigenvalue weighted by molar-refractivity contribution is 5.75. The third kappa shape index (κ3) is 3.68. The van der Waals surface area contributed by atoms with Gasteiger partial charge < -0.3 is 14.8 Å². The number of benzene rings is 1. The first-order valence-electron chi connectivity index (χ1n) is 9.88. The SMILES string of the molecule is C[C@@H](NC(=O)N1CCC[C@@H]1c1nnc2n1CCCCC2)c1ccc(F)cc1. The van der Waals surface area contributed by atoms with Gasteiger partial charge in [-0.1, -0.05) is 18.6 Å². The zero-order valence-electron chi connectivity index (χ0n) is 15.7. The summed E-state index contributed by atoms with van der Waals surface area (Å²) >= 11 is 0. The van der Waals surface area contributed by atoms with Crippen LogP contribution in [-0.2, 0) is 13.0 Å². The fourth-order valence-corrected chi connectivity index (χ4v) is 4.14. The molecule has 1 fully saturated rings. The number of urea groups is 1. The van der Waals surface area contributed by atoms with Gasteiger partial charge in [0.05, 0.1) is 12.1 Å². The second-order valence-electron chi connectivity index (χ2n) is 7.51. The number of carbonyl (C=O) groups is 1. The Hall–Kier alpha value is -2.44. The smallest absolute Gasteiger partial charge is 0.318 e. The highest BCUT2D eigenvalue weighted by Crippen LogP contribution is 2.32. The summed E-state index contributed by atoms with van der Waals surface area (Å²) in [6.07, 6.45) is 6.35. The minimum Gasteiger partial charge on any atom is -0.331 e. The summed E-state index contributed by atoms with van der Waals surface area (Å²) in [5.41, 5.74) is 0.886. The molecule has 2 atom stereocenters. The predicted molar refractivity (Wildman–Crippen MR) is 99.6 cm³/mol. The van der Waals surface area contributed by atoms with E-state index in [2.05, 4.69) is 20.1 Å². The molecule has 1 aromatic carbocycles. The van der Waals surface area contributed by atoms with Crippen molar-refractivity contribution in [3.63, 3.8) is 0 Å². The van der Waals surface area contributed by atoms with Crippen LogP contribution in [0.15, 0.2) is 24.3 Å². The molecule has 1 aromatic heterocycles. The topological polar surface area (TPSA) is 63.1 Å². The summed E-state index contributed by atoms with van der Waals surface area (Å²) in [6.45, 7) is 3.57. The normalized spacial score (nSPS) is 20.8. The first-order chi connectivity index (χ1) is 13.1.